The van der Waals surface area contributed by atoms with Gasteiger partial charge >= 0.3 is 5.97 Å². The van der Waals surface area contributed by atoms with Crippen LogP contribution in [0, 0.1) is 0 Å². The fourth-order valence-corrected chi connectivity index (χ4v) is 2.85. The van der Waals surface area contributed by atoms with Crippen LogP contribution in [-0.4, -0.2) is 21.1 Å². The number of benzene rings is 2. The van der Waals surface area contributed by atoms with Gasteiger partial charge in [0, 0.05) is 33.8 Å². The summed E-state index contributed by atoms with van der Waals surface area (Å²) in [6.45, 7) is -0.121. The van der Waals surface area contributed by atoms with Crippen LogP contribution in [0.3, 0.4) is 0 Å². The van der Waals surface area contributed by atoms with Crippen molar-refractivity contribution in [3.8, 4) is 11.4 Å². The van der Waals surface area contributed by atoms with Crippen molar-refractivity contribution in [3.05, 3.63) is 83.3 Å². The first-order chi connectivity index (χ1) is 13.7. The number of aromatic nitrogens is 3. The van der Waals surface area contributed by atoms with E-state index in [0.717, 1.165) is 22.0 Å². The smallest absolute Gasteiger partial charge is 0.331 e. The molecule has 0 N–H and O–H groups in total. The Kier molecular flexibility index (Phi) is 5.12. The number of esters is 1. The Labute approximate surface area is 165 Å². The summed E-state index contributed by atoms with van der Waals surface area (Å²) in [5.74, 6) is 0.0601. The van der Waals surface area contributed by atoms with Crippen LogP contribution in [-0.2, 0) is 16.1 Å². The molecule has 0 saturated carbocycles. The molecule has 0 unspecified atom stereocenters. The number of ether oxygens (including phenoxy) is 1. The van der Waals surface area contributed by atoms with Gasteiger partial charge in [0.15, 0.2) is 6.61 Å². The van der Waals surface area contributed by atoms with Crippen molar-refractivity contribution < 1.29 is 14.1 Å². The quantitative estimate of drug-likeness (QED) is 0.362. The molecule has 2 aromatic heterocycles. The Balaban J connectivity index is 1.40. The lowest BCUT2D eigenvalue weighted by molar-refractivity contribution is -0.139. The lowest BCUT2D eigenvalue weighted by atomic mass is 10.1. The molecule has 4 aromatic rings. The predicted octanol–water partition coefficient (Wildman–Crippen LogP) is 4.69. The minimum absolute atomic E-state index is 0.121. The number of rotatable bonds is 5. The molecule has 0 atom stereocenters. The average Bonchev–Trinajstić information content (AvgIpc) is 3.20. The van der Waals surface area contributed by atoms with E-state index in [1.165, 1.54) is 6.08 Å². The van der Waals surface area contributed by atoms with Crippen LogP contribution in [0.25, 0.3) is 28.4 Å². The number of carbonyl (C=O) groups excluding carboxylic acids is 1. The zero-order valence-electron chi connectivity index (χ0n) is 14.6. The topological polar surface area (TPSA) is 78.1 Å². The van der Waals surface area contributed by atoms with Crippen LogP contribution in [0.1, 0.15) is 11.5 Å². The number of hydrogen-bond donors (Lipinski definition) is 0. The average molecular weight is 392 g/mol. The normalized spacial score (nSPS) is 11.2. The second-order valence-electron chi connectivity index (χ2n) is 5.89. The third kappa shape index (κ3) is 4.07. The summed E-state index contributed by atoms with van der Waals surface area (Å²) in [6, 6.07) is 16.7. The van der Waals surface area contributed by atoms with Gasteiger partial charge in [-0.3, -0.25) is 4.98 Å². The molecular weight excluding hydrogens is 378 g/mol. The first-order valence-electron chi connectivity index (χ1n) is 8.46. The van der Waals surface area contributed by atoms with Crippen molar-refractivity contribution >= 4 is 34.5 Å². The van der Waals surface area contributed by atoms with E-state index >= 15 is 0 Å². The van der Waals surface area contributed by atoms with E-state index < -0.39 is 5.97 Å². The summed E-state index contributed by atoms with van der Waals surface area (Å²) < 4.78 is 10.3. The predicted molar refractivity (Wildman–Crippen MR) is 105 cm³/mol. The van der Waals surface area contributed by atoms with Crippen molar-refractivity contribution in [2.45, 2.75) is 6.61 Å². The molecule has 0 fully saturated rings. The van der Waals surface area contributed by atoms with Crippen molar-refractivity contribution in [2.24, 2.45) is 0 Å². The standard InChI is InChI=1S/C21H14ClN3O3/c22-17-8-2-6-16(12-17)21-24-18(28-25-21)13-27-19(26)10-9-15-5-1-4-14-7-3-11-23-20(14)15/h1-12H,13H2. The summed E-state index contributed by atoms with van der Waals surface area (Å²) in [5.41, 5.74) is 2.37. The van der Waals surface area contributed by atoms with Gasteiger partial charge in [0.25, 0.3) is 5.89 Å². The van der Waals surface area contributed by atoms with Gasteiger partial charge in [-0.1, -0.05) is 53.2 Å². The van der Waals surface area contributed by atoms with Gasteiger partial charge < -0.3 is 9.26 Å². The number of fused-ring (bicyclic) bond motifs is 1. The Bertz CT molecular complexity index is 1170. The monoisotopic (exact) mass is 391 g/mol. The Morgan fingerprint density at radius 1 is 1.14 bits per heavy atom. The number of carbonyl (C=O) groups is 1. The van der Waals surface area contributed by atoms with Gasteiger partial charge in [-0.05, 0) is 24.3 Å². The highest BCUT2D eigenvalue weighted by Crippen LogP contribution is 2.20. The number of nitrogens with zero attached hydrogens (tertiary/aromatic N) is 3. The van der Waals surface area contributed by atoms with Gasteiger partial charge in [-0.25, -0.2) is 4.79 Å². The van der Waals surface area contributed by atoms with E-state index in [0.29, 0.717) is 10.8 Å². The minimum atomic E-state index is -0.518. The number of halogens is 1. The maximum absolute atomic E-state index is 12.0. The molecule has 0 saturated heterocycles. The van der Waals surface area contributed by atoms with E-state index in [1.54, 1.807) is 30.5 Å². The summed E-state index contributed by atoms with van der Waals surface area (Å²) in [6.07, 6.45) is 4.73. The summed E-state index contributed by atoms with van der Waals surface area (Å²) in [4.78, 5) is 20.6. The SMILES string of the molecule is O=C(C=Cc1cccc2cccnc12)OCc1nc(-c2cccc(Cl)c2)no1. The lowest BCUT2D eigenvalue weighted by Crippen LogP contribution is -2.01. The van der Waals surface area contributed by atoms with E-state index in [9.17, 15) is 4.79 Å². The molecule has 0 bridgehead atoms. The molecule has 0 amide bonds. The molecule has 4 rings (SSSR count). The maximum atomic E-state index is 12.0. The molecular formula is C21H14ClN3O3. The molecule has 2 heterocycles. The largest absolute Gasteiger partial charge is 0.452 e. The summed E-state index contributed by atoms with van der Waals surface area (Å²) >= 11 is 5.96. The van der Waals surface area contributed by atoms with Crippen molar-refractivity contribution in [1.82, 2.24) is 15.1 Å². The molecule has 0 aliphatic heterocycles. The maximum Gasteiger partial charge on any atom is 0.331 e. The molecule has 0 spiro atoms. The second-order valence-corrected chi connectivity index (χ2v) is 6.32. The molecule has 2 aromatic carbocycles. The highest BCUT2D eigenvalue weighted by Gasteiger charge is 2.10. The highest BCUT2D eigenvalue weighted by atomic mass is 35.5. The fourth-order valence-electron chi connectivity index (χ4n) is 2.66. The van der Waals surface area contributed by atoms with Crippen LogP contribution in [0.15, 0.2) is 71.4 Å². The molecule has 0 radical (unpaired) electrons. The van der Waals surface area contributed by atoms with Crippen LogP contribution >= 0.6 is 11.6 Å². The van der Waals surface area contributed by atoms with Crippen LogP contribution in [0.5, 0.6) is 0 Å². The molecule has 6 nitrogen and oxygen atoms in total. The van der Waals surface area contributed by atoms with E-state index in [-0.39, 0.29) is 12.5 Å². The zero-order chi connectivity index (χ0) is 19.3. The molecule has 7 heteroatoms. The Morgan fingerprint density at radius 3 is 2.89 bits per heavy atom. The fraction of sp³-hybridized carbons (Fsp3) is 0.0476. The summed E-state index contributed by atoms with van der Waals surface area (Å²) in [7, 11) is 0. The van der Waals surface area contributed by atoms with Crippen LogP contribution < -0.4 is 0 Å². The van der Waals surface area contributed by atoms with Crippen molar-refractivity contribution in [3.63, 3.8) is 0 Å². The third-order valence-electron chi connectivity index (χ3n) is 3.95. The Hall–Kier alpha value is -3.51. The molecule has 28 heavy (non-hydrogen) atoms. The summed E-state index contributed by atoms with van der Waals surface area (Å²) in [5, 5.41) is 5.44. The van der Waals surface area contributed by atoms with Gasteiger partial charge in [0.05, 0.1) is 5.52 Å². The van der Waals surface area contributed by atoms with Crippen LogP contribution in [0.4, 0.5) is 0 Å². The third-order valence-corrected chi connectivity index (χ3v) is 4.19. The first kappa shape index (κ1) is 17.9. The molecule has 0 aliphatic rings. The highest BCUT2D eigenvalue weighted by molar-refractivity contribution is 6.30. The van der Waals surface area contributed by atoms with Crippen molar-refractivity contribution in [2.75, 3.05) is 0 Å². The van der Waals surface area contributed by atoms with Gasteiger partial charge in [0.2, 0.25) is 5.82 Å². The van der Waals surface area contributed by atoms with E-state index in [2.05, 4.69) is 15.1 Å². The second kappa shape index (κ2) is 8.02. The molecule has 0 aliphatic carbocycles. The Morgan fingerprint density at radius 2 is 2.00 bits per heavy atom. The van der Waals surface area contributed by atoms with Gasteiger partial charge in [-0.2, -0.15) is 4.98 Å². The molecule has 138 valence electrons. The first-order valence-corrected chi connectivity index (χ1v) is 8.84. The number of para-hydroxylation sites is 1. The van der Waals surface area contributed by atoms with Crippen LogP contribution in [0.2, 0.25) is 5.02 Å². The minimum Gasteiger partial charge on any atom is -0.452 e. The number of pyridine rings is 1. The van der Waals surface area contributed by atoms with Gasteiger partial charge in [0.1, 0.15) is 0 Å². The van der Waals surface area contributed by atoms with Gasteiger partial charge in [-0.15, -0.1) is 0 Å². The van der Waals surface area contributed by atoms with E-state index in [1.807, 2.05) is 36.4 Å². The van der Waals surface area contributed by atoms with Crippen molar-refractivity contribution in [1.29, 1.82) is 0 Å². The van der Waals surface area contributed by atoms with E-state index in [4.69, 9.17) is 20.9 Å². The number of hydrogen-bond acceptors (Lipinski definition) is 6. The zero-order valence-corrected chi connectivity index (χ0v) is 15.3. The lowest BCUT2D eigenvalue weighted by Gasteiger charge is -2.00.